The minimum atomic E-state index is -0.356. The number of carbonyl (C=O) groups excluding carboxylic acids is 1. The maximum absolute atomic E-state index is 12.5. The summed E-state index contributed by atoms with van der Waals surface area (Å²) in [7, 11) is 0. The third kappa shape index (κ3) is 2.43. The number of ether oxygens (including phenoxy) is 1. The summed E-state index contributed by atoms with van der Waals surface area (Å²) in [5.74, 6) is 4.25. The highest BCUT2D eigenvalue weighted by Gasteiger charge is 2.58. The summed E-state index contributed by atoms with van der Waals surface area (Å²) in [6.45, 7) is 10.4. The lowest BCUT2D eigenvalue weighted by molar-refractivity contribution is -0.176. The highest BCUT2D eigenvalue weighted by atomic mass is 16.6. The maximum atomic E-state index is 12.5. The van der Waals surface area contributed by atoms with E-state index in [0.717, 1.165) is 30.1 Å². The molecule has 3 saturated carbocycles. The molecule has 3 rings (SSSR count). The molecule has 0 aliphatic heterocycles. The zero-order chi connectivity index (χ0) is 15.4. The maximum Gasteiger partial charge on any atom is 0.312 e. The molecule has 0 aromatic rings. The van der Waals surface area contributed by atoms with Crippen LogP contribution in [0.2, 0.25) is 0 Å². The first kappa shape index (κ1) is 15.4. The molecule has 0 saturated heterocycles. The Hall–Kier alpha value is -0.530. The molecule has 3 aliphatic carbocycles. The van der Waals surface area contributed by atoms with Gasteiger partial charge in [0.15, 0.2) is 0 Å². The fourth-order valence-corrected chi connectivity index (χ4v) is 5.46. The van der Waals surface area contributed by atoms with Gasteiger partial charge in [0.05, 0.1) is 5.41 Å². The second-order valence-corrected chi connectivity index (χ2v) is 8.99. The van der Waals surface area contributed by atoms with E-state index in [-0.39, 0.29) is 17.0 Å². The van der Waals surface area contributed by atoms with Crippen LogP contribution in [0.15, 0.2) is 0 Å². The number of esters is 1. The van der Waals surface area contributed by atoms with Crippen molar-refractivity contribution in [1.82, 2.24) is 0 Å². The topological polar surface area (TPSA) is 26.3 Å². The number of hydrogen-bond acceptors (Lipinski definition) is 2. The van der Waals surface area contributed by atoms with Gasteiger partial charge in [0.2, 0.25) is 0 Å². The Labute approximate surface area is 130 Å². The van der Waals surface area contributed by atoms with Gasteiger partial charge < -0.3 is 4.74 Å². The molecule has 21 heavy (non-hydrogen) atoms. The van der Waals surface area contributed by atoms with Crippen LogP contribution in [0.4, 0.5) is 0 Å². The Bertz CT molecular complexity index is 423. The lowest BCUT2D eigenvalue weighted by Crippen LogP contribution is -2.44. The van der Waals surface area contributed by atoms with Crippen molar-refractivity contribution < 1.29 is 9.53 Å². The Morgan fingerprint density at radius 2 is 1.71 bits per heavy atom. The van der Waals surface area contributed by atoms with Crippen LogP contribution in [0.1, 0.15) is 73.1 Å². The first-order chi connectivity index (χ1) is 9.76. The van der Waals surface area contributed by atoms with Crippen molar-refractivity contribution in [2.24, 2.45) is 35.0 Å². The molecule has 0 heterocycles. The van der Waals surface area contributed by atoms with Gasteiger partial charge >= 0.3 is 5.97 Å². The lowest BCUT2D eigenvalue weighted by Gasteiger charge is -2.42. The van der Waals surface area contributed by atoms with Crippen LogP contribution < -0.4 is 0 Å². The van der Waals surface area contributed by atoms with Crippen molar-refractivity contribution in [3.05, 3.63) is 0 Å². The molecule has 0 aromatic carbocycles. The predicted molar refractivity (Wildman–Crippen MR) is 84.8 cm³/mol. The standard InChI is InChI=1S/C19H32O2/c1-6-18(2,3)17(20)21-19(4,5)16-11-12-10-15(16)14-9-7-8-13(12)14/h12-16H,6-11H2,1-5H3. The summed E-state index contributed by atoms with van der Waals surface area (Å²) < 4.78 is 6.04. The molecule has 0 amide bonds. The second-order valence-electron chi connectivity index (χ2n) is 8.99. The SMILES string of the molecule is CCC(C)(C)C(=O)OC(C)(C)C1CC2CC1C1CCCC21. The average Bonchev–Trinajstić information content (AvgIpc) is 3.10. The van der Waals surface area contributed by atoms with Crippen LogP contribution in [0.3, 0.4) is 0 Å². The second kappa shape index (κ2) is 4.99. The van der Waals surface area contributed by atoms with Gasteiger partial charge in [-0.1, -0.05) is 13.3 Å². The molecule has 3 aliphatic rings. The fraction of sp³-hybridized carbons (Fsp3) is 0.947. The summed E-state index contributed by atoms with van der Waals surface area (Å²) in [4.78, 5) is 12.5. The smallest absolute Gasteiger partial charge is 0.312 e. The highest BCUT2D eigenvalue weighted by Crippen LogP contribution is 2.63. The molecular formula is C19H32O2. The molecule has 2 bridgehead atoms. The van der Waals surface area contributed by atoms with Crippen molar-refractivity contribution in [1.29, 1.82) is 0 Å². The van der Waals surface area contributed by atoms with E-state index in [4.69, 9.17) is 4.74 Å². The van der Waals surface area contributed by atoms with Crippen LogP contribution in [0, 0.1) is 35.0 Å². The van der Waals surface area contributed by atoms with E-state index in [1.165, 1.54) is 32.1 Å². The monoisotopic (exact) mass is 292 g/mol. The van der Waals surface area contributed by atoms with E-state index in [2.05, 4.69) is 20.8 Å². The zero-order valence-corrected chi connectivity index (χ0v) is 14.4. The van der Waals surface area contributed by atoms with Crippen molar-refractivity contribution in [3.8, 4) is 0 Å². The van der Waals surface area contributed by atoms with Gasteiger partial charge in [0.1, 0.15) is 5.60 Å². The van der Waals surface area contributed by atoms with Crippen LogP contribution in [-0.4, -0.2) is 11.6 Å². The first-order valence-electron chi connectivity index (χ1n) is 8.99. The zero-order valence-electron chi connectivity index (χ0n) is 14.4. The van der Waals surface area contributed by atoms with E-state index < -0.39 is 0 Å². The highest BCUT2D eigenvalue weighted by molar-refractivity contribution is 5.76. The molecule has 2 nitrogen and oxygen atoms in total. The van der Waals surface area contributed by atoms with E-state index in [1.54, 1.807) is 0 Å². The summed E-state index contributed by atoms with van der Waals surface area (Å²) in [6, 6.07) is 0. The van der Waals surface area contributed by atoms with Gasteiger partial charge in [0.25, 0.3) is 0 Å². The normalized spacial score (nSPS) is 38.6. The van der Waals surface area contributed by atoms with Crippen LogP contribution in [0.25, 0.3) is 0 Å². The molecule has 0 N–H and O–H groups in total. The summed E-state index contributed by atoms with van der Waals surface area (Å²) in [5, 5.41) is 0. The van der Waals surface area contributed by atoms with Crippen molar-refractivity contribution in [3.63, 3.8) is 0 Å². The van der Waals surface area contributed by atoms with Gasteiger partial charge in [-0.05, 0) is 83.5 Å². The Kier molecular flexibility index (Phi) is 3.65. The van der Waals surface area contributed by atoms with Crippen LogP contribution in [-0.2, 0) is 9.53 Å². The van der Waals surface area contributed by atoms with Gasteiger partial charge in [-0.15, -0.1) is 0 Å². The van der Waals surface area contributed by atoms with Gasteiger partial charge in [-0.3, -0.25) is 4.79 Å². The van der Waals surface area contributed by atoms with E-state index in [1.807, 2.05) is 13.8 Å². The average molecular weight is 292 g/mol. The number of fused-ring (bicyclic) bond motifs is 5. The van der Waals surface area contributed by atoms with Crippen molar-refractivity contribution >= 4 is 5.97 Å². The van der Waals surface area contributed by atoms with Gasteiger partial charge in [-0.25, -0.2) is 0 Å². The van der Waals surface area contributed by atoms with Gasteiger partial charge in [0, 0.05) is 5.92 Å². The molecule has 0 spiro atoms. The molecule has 0 aromatic heterocycles. The number of hydrogen-bond donors (Lipinski definition) is 0. The van der Waals surface area contributed by atoms with E-state index in [9.17, 15) is 4.79 Å². The minimum Gasteiger partial charge on any atom is -0.459 e. The van der Waals surface area contributed by atoms with Gasteiger partial charge in [-0.2, -0.15) is 0 Å². The summed E-state index contributed by atoms with van der Waals surface area (Å²) in [5.41, 5.74) is -0.652. The largest absolute Gasteiger partial charge is 0.459 e. The van der Waals surface area contributed by atoms with E-state index >= 15 is 0 Å². The first-order valence-corrected chi connectivity index (χ1v) is 8.99. The molecule has 3 fully saturated rings. The minimum absolute atomic E-state index is 0.0132. The lowest BCUT2D eigenvalue weighted by atomic mass is 9.70. The van der Waals surface area contributed by atoms with E-state index in [0.29, 0.717) is 5.92 Å². The Balaban J connectivity index is 1.70. The molecule has 120 valence electrons. The molecule has 2 heteroatoms. The third-order valence-corrected chi connectivity index (χ3v) is 7.11. The molecule has 0 radical (unpaired) electrons. The number of rotatable bonds is 4. The molecule has 5 atom stereocenters. The Morgan fingerprint density at radius 3 is 2.38 bits per heavy atom. The molecule has 5 unspecified atom stereocenters. The Morgan fingerprint density at radius 1 is 1.05 bits per heavy atom. The third-order valence-electron chi connectivity index (χ3n) is 7.11. The van der Waals surface area contributed by atoms with Crippen molar-refractivity contribution in [2.75, 3.05) is 0 Å². The predicted octanol–water partition coefficient (Wildman–Crippen LogP) is 4.82. The fourth-order valence-electron chi connectivity index (χ4n) is 5.46. The van der Waals surface area contributed by atoms with Crippen LogP contribution >= 0.6 is 0 Å². The quantitative estimate of drug-likeness (QED) is 0.695. The number of carbonyl (C=O) groups is 1. The summed E-state index contributed by atoms with van der Waals surface area (Å²) >= 11 is 0. The van der Waals surface area contributed by atoms with Crippen molar-refractivity contribution in [2.45, 2.75) is 78.7 Å². The van der Waals surface area contributed by atoms with Crippen LogP contribution in [0.5, 0.6) is 0 Å². The molecular weight excluding hydrogens is 260 g/mol. The summed E-state index contributed by atoms with van der Waals surface area (Å²) in [6.07, 6.45) is 7.84.